The Morgan fingerprint density at radius 1 is 1.09 bits per heavy atom. The Kier molecular flexibility index (Phi) is 6.63. The molecule has 33 heavy (non-hydrogen) atoms. The highest BCUT2D eigenvalue weighted by Crippen LogP contribution is 2.43. The highest BCUT2D eigenvalue weighted by molar-refractivity contribution is 7.09. The second-order valence-corrected chi connectivity index (χ2v) is 10.0. The number of allylic oxidation sites excluding steroid dienone is 2. The number of benzene rings is 1. The van der Waals surface area contributed by atoms with Crippen LogP contribution in [0.2, 0.25) is 0 Å². The predicted octanol–water partition coefficient (Wildman–Crippen LogP) is 6.38. The molecule has 0 spiro atoms. The number of ether oxygens (including phenoxy) is 1. The van der Waals surface area contributed by atoms with Crippen molar-refractivity contribution >= 4 is 29.0 Å². The SMILES string of the molecule is O=C(OCC1=CCCC=C1)N(Cc1cccs1)C1C(=O)N(C2CCCCC2)c2ccccc21. The van der Waals surface area contributed by atoms with E-state index < -0.39 is 12.1 Å². The van der Waals surface area contributed by atoms with Crippen molar-refractivity contribution < 1.29 is 14.3 Å². The van der Waals surface area contributed by atoms with Gasteiger partial charge in [-0.3, -0.25) is 9.69 Å². The number of hydrogen-bond acceptors (Lipinski definition) is 4. The van der Waals surface area contributed by atoms with Crippen LogP contribution in [-0.2, 0) is 16.1 Å². The minimum absolute atomic E-state index is 0.00613. The van der Waals surface area contributed by atoms with Gasteiger partial charge in [0.05, 0.1) is 6.54 Å². The van der Waals surface area contributed by atoms with Gasteiger partial charge in [0.1, 0.15) is 12.6 Å². The van der Waals surface area contributed by atoms with Gasteiger partial charge in [0, 0.05) is 22.2 Å². The molecule has 1 saturated carbocycles. The Morgan fingerprint density at radius 2 is 1.94 bits per heavy atom. The van der Waals surface area contributed by atoms with E-state index in [9.17, 15) is 9.59 Å². The van der Waals surface area contributed by atoms with Crippen molar-refractivity contribution in [1.29, 1.82) is 0 Å². The molecule has 6 heteroatoms. The molecule has 5 rings (SSSR count). The fourth-order valence-corrected chi connectivity index (χ4v) is 5.88. The number of rotatable bonds is 6. The third kappa shape index (κ3) is 4.62. The average molecular weight is 463 g/mol. The number of anilines is 1. The molecule has 0 saturated heterocycles. The molecule has 2 heterocycles. The van der Waals surface area contributed by atoms with Crippen LogP contribution < -0.4 is 4.90 Å². The molecule has 1 fully saturated rings. The Morgan fingerprint density at radius 3 is 2.70 bits per heavy atom. The quantitative estimate of drug-likeness (QED) is 0.500. The monoisotopic (exact) mass is 462 g/mol. The molecule has 1 aliphatic heterocycles. The van der Waals surface area contributed by atoms with Gasteiger partial charge in [-0.1, -0.05) is 61.8 Å². The van der Waals surface area contributed by atoms with Crippen LogP contribution in [0.5, 0.6) is 0 Å². The van der Waals surface area contributed by atoms with Gasteiger partial charge in [-0.25, -0.2) is 4.79 Å². The Labute approximate surface area is 199 Å². The van der Waals surface area contributed by atoms with E-state index >= 15 is 0 Å². The third-order valence-corrected chi connectivity index (χ3v) is 7.65. The molecule has 2 aliphatic carbocycles. The Balaban J connectivity index is 1.44. The van der Waals surface area contributed by atoms with Crippen molar-refractivity contribution in [3.8, 4) is 0 Å². The van der Waals surface area contributed by atoms with Crippen molar-refractivity contribution in [3.63, 3.8) is 0 Å². The number of carbonyl (C=O) groups excluding carboxylic acids is 2. The second kappa shape index (κ2) is 9.96. The molecule has 2 amide bonds. The molecule has 172 valence electrons. The molecule has 0 bridgehead atoms. The highest BCUT2D eigenvalue weighted by Gasteiger charge is 2.45. The largest absolute Gasteiger partial charge is 0.445 e. The summed E-state index contributed by atoms with van der Waals surface area (Å²) in [6.07, 6.45) is 13.3. The van der Waals surface area contributed by atoms with Crippen LogP contribution in [0.1, 0.15) is 61.4 Å². The van der Waals surface area contributed by atoms with Gasteiger partial charge < -0.3 is 9.64 Å². The number of fused-ring (bicyclic) bond motifs is 1. The Hall–Kier alpha value is -2.86. The van der Waals surface area contributed by atoms with Crippen molar-refractivity contribution in [2.45, 2.75) is 63.6 Å². The molecule has 1 unspecified atom stereocenters. The van der Waals surface area contributed by atoms with Gasteiger partial charge in [-0.15, -0.1) is 11.3 Å². The maximum absolute atomic E-state index is 13.9. The van der Waals surface area contributed by atoms with Crippen LogP contribution >= 0.6 is 11.3 Å². The summed E-state index contributed by atoms with van der Waals surface area (Å²) < 4.78 is 5.75. The summed E-state index contributed by atoms with van der Waals surface area (Å²) in [5.41, 5.74) is 2.85. The summed E-state index contributed by atoms with van der Waals surface area (Å²) in [7, 11) is 0. The highest BCUT2D eigenvalue weighted by atomic mass is 32.1. The van der Waals surface area contributed by atoms with E-state index in [1.165, 1.54) is 6.42 Å². The minimum atomic E-state index is -0.659. The fourth-order valence-electron chi connectivity index (χ4n) is 5.17. The number of hydrogen-bond donors (Lipinski definition) is 0. The smallest absolute Gasteiger partial charge is 0.411 e. The van der Waals surface area contributed by atoms with Crippen LogP contribution in [0.4, 0.5) is 10.5 Å². The van der Waals surface area contributed by atoms with Crippen molar-refractivity contribution in [1.82, 2.24) is 4.90 Å². The molecule has 3 aliphatic rings. The first-order chi connectivity index (χ1) is 16.2. The summed E-state index contributed by atoms with van der Waals surface area (Å²) in [5.74, 6) is -0.00613. The summed E-state index contributed by atoms with van der Waals surface area (Å²) in [4.78, 5) is 32.0. The molecule has 1 aromatic heterocycles. The van der Waals surface area contributed by atoms with E-state index in [4.69, 9.17) is 4.74 Å². The zero-order valence-corrected chi connectivity index (χ0v) is 19.6. The number of para-hydroxylation sites is 1. The molecular weight excluding hydrogens is 432 g/mol. The van der Waals surface area contributed by atoms with E-state index in [1.54, 1.807) is 16.2 Å². The van der Waals surface area contributed by atoms with Crippen LogP contribution in [0.25, 0.3) is 0 Å². The number of thiophene rings is 1. The number of nitrogens with zero attached hydrogens (tertiary/aromatic N) is 2. The van der Waals surface area contributed by atoms with Gasteiger partial charge in [0.25, 0.3) is 5.91 Å². The van der Waals surface area contributed by atoms with Crippen molar-refractivity contribution in [2.75, 3.05) is 11.5 Å². The van der Waals surface area contributed by atoms with E-state index in [0.717, 1.165) is 60.2 Å². The molecular formula is C27H30N2O3S. The zero-order chi connectivity index (χ0) is 22.6. The molecule has 1 atom stereocenters. The zero-order valence-electron chi connectivity index (χ0n) is 18.8. The predicted molar refractivity (Wildman–Crippen MR) is 131 cm³/mol. The van der Waals surface area contributed by atoms with Gasteiger partial charge in [0.2, 0.25) is 0 Å². The van der Waals surface area contributed by atoms with E-state index in [0.29, 0.717) is 6.54 Å². The fraction of sp³-hybridized carbons (Fsp3) is 0.407. The van der Waals surface area contributed by atoms with Gasteiger partial charge in [0.15, 0.2) is 0 Å². The van der Waals surface area contributed by atoms with E-state index in [-0.39, 0.29) is 18.6 Å². The topological polar surface area (TPSA) is 49.9 Å². The van der Waals surface area contributed by atoms with Crippen molar-refractivity contribution in [3.05, 3.63) is 76.0 Å². The van der Waals surface area contributed by atoms with E-state index in [1.807, 2.05) is 52.8 Å². The lowest BCUT2D eigenvalue weighted by Crippen LogP contribution is -2.45. The summed E-state index contributed by atoms with van der Waals surface area (Å²) in [6, 6.07) is 11.5. The average Bonchev–Trinajstić information content (AvgIpc) is 3.47. The van der Waals surface area contributed by atoms with Crippen molar-refractivity contribution in [2.24, 2.45) is 0 Å². The third-order valence-electron chi connectivity index (χ3n) is 6.79. The second-order valence-electron chi connectivity index (χ2n) is 8.98. The number of carbonyl (C=O) groups is 2. The normalized spacial score (nSPS) is 20.5. The summed E-state index contributed by atoms with van der Waals surface area (Å²) >= 11 is 1.59. The first-order valence-electron chi connectivity index (χ1n) is 12.0. The van der Waals surface area contributed by atoms with E-state index in [2.05, 4.69) is 12.2 Å². The van der Waals surface area contributed by atoms with Gasteiger partial charge >= 0.3 is 6.09 Å². The summed E-state index contributed by atoms with van der Waals surface area (Å²) in [6.45, 7) is 0.583. The molecule has 0 radical (unpaired) electrons. The molecule has 1 aromatic carbocycles. The van der Waals surface area contributed by atoms with Crippen LogP contribution in [-0.4, -0.2) is 29.5 Å². The lowest BCUT2D eigenvalue weighted by Gasteiger charge is -2.33. The molecule has 2 aromatic rings. The maximum Gasteiger partial charge on any atom is 0.411 e. The number of amides is 2. The first-order valence-corrected chi connectivity index (χ1v) is 12.8. The standard InChI is InChI=1S/C27H30N2O3S/c30-26-25(23-15-7-8-16-24(23)29(26)21-12-5-2-6-13-21)28(18-22-14-9-17-33-22)27(31)32-19-20-10-3-1-4-11-20/h3,7-11,14-17,21,25H,1-2,4-6,12-13,18-19H2. The molecule has 0 N–H and O–H groups in total. The van der Waals surface area contributed by atoms with Gasteiger partial charge in [-0.2, -0.15) is 0 Å². The summed E-state index contributed by atoms with van der Waals surface area (Å²) in [5, 5.41) is 2.00. The molecule has 5 nitrogen and oxygen atoms in total. The van der Waals surface area contributed by atoms with Crippen LogP contribution in [0.15, 0.2) is 65.6 Å². The van der Waals surface area contributed by atoms with Crippen LogP contribution in [0, 0.1) is 0 Å². The van der Waals surface area contributed by atoms with Crippen LogP contribution in [0.3, 0.4) is 0 Å². The lowest BCUT2D eigenvalue weighted by molar-refractivity contribution is -0.123. The Bertz CT molecular complexity index is 1050. The minimum Gasteiger partial charge on any atom is -0.445 e. The van der Waals surface area contributed by atoms with Gasteiger partial charge in [-0.05, 0) is 48.8 Å². The lowest BCUT2D eigenvalue weighted by atomic mass is 9.94. The first kappa shape index (κ1) is 22.0. The maximum atomic E-state index is 13.9.